The molecule has 2 N–H and O–H groups in total. The highest BCUT2D eigenvalue weighted by atomic mass is 16.3. The Kier molecular flexibility index (Phi) is 2.57. The van der Waals surface area contributed by atoms with Gasteiger partial charge in [-0.1, -0.05) is 31.2 Å². The van der Waals surface area contributed by atoms with Crippen LogP contribution in [0.5, 0.6) is 0 Å². The van der Waals surface area contributed by atoms with Crippen molar-refractivity contribution in [3.05, 3.63) is 35.4 Å². The normalized spacial score (nSPS) is 25.9. The van der Waals surface area contributed by atoms with Crippen LogP contribution in [0.15, 0.2) is 24.3 Å². The molecule has 0 saturated carbocycles. The molecule has 1 aliphatic rings. The molecule has 1 aromatic rings. The van der Waals surface area contributed by atoms with E-state index in [1.54, 1.807) is 0 Å². The van der Waals surface area contributed by atoms with Gasteiger partial charge in [-0.2, -0.15) is 0 Å². The van der Waals surface area contributed by atoms with Crippen molar-refractivity contribution in [1.82, 2.24) is 5.32 Å². The third kappa shape index (κ3) is 1.56. The molecule has 0 amide bonds. The number of aliphatic hydroxyl groups excluding tert-OH is 1. The molecule has 0 fully saturated rings. The molecule has 1 aromatic carbocycles. The van der Waals surface area contributed by atoms with E-state index in [0.29, 0.717) is 0 Å². The average molecular weight is 191 g/mol. The number of nitrogens with one attached hydrogen (secondary N) is 1. The quantitative estimate of drug-likeness (QED) is 0.741. The molecule has 1 heterocycles. The Morgan fingerprint density at radius 3 is 3.00 bits per heavy atom. The molecule has 76 valence electrons. The van der Waals surface area contributed by atoms with E-state index in [4.69, 9.17) is 5.11 Å². The van der Waals surface area contributed by atoms with Gasteiger partial charge in [-0.25, -0.2) is 0 Å². The van der Waals surface area contributed by atoms with Gasteiger partial charge in [0.15, 0.2) is 0 Å². The third-order valence-corrected chi connectivity index (χ3v) is 3.16. The minimum Gasteiger partial charge on any atom is -0.396 e. The summed E-state index contributed by atoms with van der Waals surface area (Å²) in [6.45, 7) is 4.39. The van der Waals surface area contributed by atoms with Gasteiger partial charge in [-0.3, -0.25) is 0 Å². The topological polar surface area (TPSA) is 32.3 Å². The van der Waals surface area contributed by atoms with Crippen LogP contribution in [0.1, 0.15) is 24.5 Å². The fraction of sp³-hybridized carbons (Fsp3) is 0.500. The lowest BCUT2D eigenvalue weighted by molar-refractivity contribution is 0.235. The van der Waals surface area contributed by atoms with E-state index in [2.05, 4.69) is 36.5 Å². The number of hydrogen-bond acceptors (Lipinski definition) is 2. The van der Waals surface area contributed by atoms with Crippen molar-refractivity contribution in [2.45, 2.75) is 25.3 Å². The smallest absolute Gasteiger partial charge is 0.0439 e. The average Bonchev–Trinajstić information content (AvgIpc) is 2.19. The van der Waals surface area contributed by atoms with Crippen molar-refractivity contribution in [2.24, 2.45) is 0 Å². The largest absolute Gasteiger partial charge is 0.396 e. The summed E-state index contributed by atoms with van der Waals surface area (Å²) in [4.78, 5) is 0. The lowest BCUT2D eigenvalue weighted by atomic mass is 9.75. The molecule has 1 atom stereocenters. The van der Waals surface area contributed by atoms with E-state index in [0.717, 1.165) is 19.5 Å². The molecule has 0 saturated heterocycles. The van der Waals surface area contributed by atoms with E-state index in [-0.39, 0.29) is 12.0 Å². The number of hydrogen-bond donors (Lipinski definition) is 2. The lowest BCUT2D eigenvalue weighted by Crippen LogP contribution is -2.41. The Balaban J connectivity index is 2.39. The highest BCUT2D eigenvalue weighted by Crippen LogP contribution is 2.32. The zero-order valence-corrected chi connectivity index (χ0v) is 8.59. The van der Waals surface area contributed by atoms with Gasteiger partial charge in [-0.05, 0) is 17.5 Å². The third-order valence-electron chi connectivity index (χ3n) is 3.16. The Hall–Kier alpha value is -0.860. The highest BCUT2D eigenvalue weighted by Gasteiger charge is 2.30. The second-order valence-corrected chi connectivity index (χ2v) is 4.29. The summed E-state index contributed by atoms with van der Waals surface area (Å²) in [6.07, 6.45) is 0.830. The van der Waals surface area contributed by atoms with Crippen molar-refractivity contribution in [2.75, 3.05) is 13.2 Å². The zero-order chi connectivity index (χ0) is 10.0. The molecule has 14 heavy (non-hydrogen) atoms. The van der Waals surface area contributed by atoms with E-state index in [1.165, 1.54) is 11.1 Å². The van der Waals surface area contributed by atoms with Crippen molar-refractivity contribution < 1.29 is 5.11 Å². The Labute approximate surface area is 85.0 Å². The fourth-order valence-electron chi connectivity index (χ4n) is 2.30. The molecule has 2 rings (SSSR count). The van der Waals surface area contributed by atoms with E-state index >= 15 is 0 Å². The molecule has 2 heteroatoms. The van der Waals surface area contributed by atoms with Crippen molar-refractivity contribution >= 4 is 0 Å². The van der Waals surface area contributed by atoms with Crippen LogP contribution in [0, 0.1) is 0 Å². The summed E-state index contributed by atoms with van der Waals surface area (Å²) in [5, 5.41) is 12.5. The first-order valence-electron chi connectivity index (χ1n) is 5.16. The SMILES string of the molecule is C[C@@]1(CCO)CNCc2ccccc21. The van der Waals surface area contributed by atoms with Crippen LogP contribution in [0.2, 0.25) is 0 Å². The molecular formula is C12H17NO. The molecule has 0 unspecified atom stereocenters. The monoisotopic (exact) mass is 191 g/mol. The van der Waals surface area contributed by atoms with Crippen LogP contribution in [-0.4, -0.2) is 18.3 Å². The Bertz CT molecular complexity index is 324. The lowest BCUT2D eigenvalue weighted by Gasteiger charge is -2.36. The number of benzene rings is 1. The first kappa shape index (κ1) is 9.69. The fourth-order valence-corrected chi connectivity index (χ4v) is 2.30. The molecule has 1 aliphatic heterocycles. The highest BCUT2D eigenvalue weighted by molar-refractivity contribution is 5.36. The van der Waals surface area contributed by atoms with Crippen molar-refractivity contribution in [3.63, 3.8) is 0 Å². The van der Waals surface area contributed by atoms with Crippen LogP contribution in [0.25, 0.3) is 0 Å². The van der Waals surface area contributed by atoms with E-state index in [9.17, 15) is 0 Å². The molecule has 0 spiro atoms. The maximum atomic E-state index is 9.08. The number of fused-ring (bicyclic) bond motifs is 1. The minimum absolute atomic E-state index is 0.101. The van der Waals surface area contributed by atoms with Gasteiger partial charge < -0.3 is 10.4 Å². The van der Waals surface area contributed by atoms with Crippen LogP contribution < -0.4 is 5.32 Å². The van der Waals surface area contributed by atoms with Crippen LogP contribution in [-0.2, 0) is 12.0 Å². The standard InChI is InChI=1S/C12H17NO/c1-12(6-7-14)9-13-8-10-4-2-3-5-11(10)12/h2-5,13-14H,6-9H2,1H3/t12-/m1/s1. The van der Waals surface area contributed by atoms with Gasteiger partial charge in [0.2, 0.25) is 0 Å². The van der Waals surface area contributed by atoms with Gasteiger partial charge in [0.1, 0.15) is 0 Å². The predicted molar refractivity (Wildman–Crippen MR) is 57.2 cm³/mol. The molecule has 0 aliphatic carbocycles. The molecule has 0 aromatic heterocycles. The first-order chi connectivity index (χ1) is 6.76. The maximum Gasteiger partial charge on any atom is 0.0439 e. The first-order valence-corrected chi connectivity index (χ1v) is 5.16. The summed E-state index contributed by atoms with van der Waals surface area (Å²) < 4.78 is 0. The second kappa shape index (κ2) is 3.71. The maximum absolute atomic E-state index is 9.08. The van der Waals surface area contributed by atoms with E-state index in [1.807, 2.05) is 0 Å². The second-order valence-electron chi connectivity index (χ2n) is 4.29. The van der Waals surface area contributed by atoms with Crippen molar-refractivity contribution in [3.8, 4) is 0 Å². The van der Waals surface area contributed by atoms with Gasteiger partial charge in [0.05, 0.1) is 0 Å². The molecule has 2 nitrogen and oxygen atoms in total. The Morgan fingerprint density at radius 2 is 2.21 bits per heavy atom. The van der Waals surface area contributed by atoms with Gasteiger partial charge in [0.25, 0.3) is 0 Å². The summed E-state index contributed by atoms with van der Waals surface area (Å²) in [6, 6.07) is 8.51. The number of rotatable bonds is 2. The van der Waals surface area contributed by atoms with Crippen LogP contribution >= 0.6 is 0 Å². The van der Waals surface area contributed by atoms with Gasteiger partial charge in [-0.15, -0.1) is 0 Å². The summed E-state index contributed by atoms with van der Waals surface area (Å²) in [5.74, 6) is 0. The summed E-state index contributed by atoms with van der Waals surface area (Å²) >= 11 is 0. The van der Waals surface area contributed by atoms with Crippen LogP contribution in [0.3, 0.4) is 0 Å². The van der Waals surface area contributed by atoms with E-state index < -0.39 is 0 Å². The van der Waals surface area contributed by atoms with Gasteiger partial charge in [0, 0.05) is 25.1 Å². The molecule has 0 bridgehead atoms. The van der Waals surface area contributed by atoms with Crippen molar-refractivity contribution in [1.29, 1.82) is 0 Å². The predicted octanol–water partition coefficient (Wildman–Crippen LogP) is 1.43. The van der Waals surface area contributed by atoms with Gasteiger partial charge >= 0.3 is 0 Å². The number of aliphatic hydroxyl groups is 1. The summed E-state index contributed by atoms with van der Waals surface area (Å²) in [7, 11) is 0. The molecular weight excluding hydrogens is 174 g/mol. The zero-order valence-electron chi connectivity index (χ0n) is 8.59. The minimum atomic E-state index is 0.101. The molecule has 0 radical (unpaired) electrons. The Morgan fingerprint density at radius 1 is 1.43 bits per heavy atom. The summed E-state index contributed by atoms with van der Waals surface area (Å²) in [5.41, 5.74) is 2.87. The van der Waals surface area contributed by atoms with Crippen LogP contribution in [0.4, 0.5) is 0 Å².